The van der Waals surface area contributed by atoms with E-state index in [1.54, 1.807) is 5.38 Å². The van der Waals surface area contributed by atoms with Crippen molar-refractivity contribution >= 4 is 21.2 Å². The van der Waals surface area contributed by atoms with Gasteiger partial charge in [-0.3, -0.25) is 0 Å². The van der Waals surface area contributed by atoms with Crippen molar-refractivity contribution in [2.75, 3.05) is 20.5 Å². The zero-order chi connectivity index (χ0) is 11.5. The van der Waals surface area contributed by atoms with Crippen molar-refractivity contribution in [2.24, 2.45) is 0 Å². The molecule has 1 aromatic heterocycles. The van der Waals surface area contributed by atoms with E-state index in [4.69, 9.17) is 9.47 Å². The summed E-state index contributed by atoms with van der Waals surface area (Å²) in [7, 11) is -0.0293. The van der Waals surface area contributed by atoms with Crippen LogP contribution in [0.5, 0.6) is 0 Å². The molecule has 0 aliphatic carbocycles. The van der Waals surface area contributed by atoms with E-state index in [0.29, 0.717) is 10.7 Å². The van der Waals surface area contributed by atoms with E-state index in [1.165, 1.54) is 31.8 Å². The lowest BCUT2D eigenvalue weighted by molar-refractivity contribution is -0.108. The number of aromatic nitrogens is 1. The molecule has 0 spiro atoms. The third kappa shape index (κ3) is 3.86. The third-order valence-corrected chi connectivity index (χ3v) is 3.47. The van der Waals surface area contributed by atoms with Crippen molar-refractivity contribution in [3.05, 3.63) is 16.1 Å². The molecule has 0 fully saturated rings. The lowest BCUT2D eigenvalue weighted by Crippen LogP contribution is -2.05. The number of rotatable bonds is 5. The Labute approximate surface area is 93.0 Å². The van der Waals surface area contributed by atoms with Crippen LogP contribution in [0.1, 0.15) is 17.0 Å². The first-order chi connectivity index (χ1) is 6.96. The number of hydrogen-bond donors (Lipinski definition) is 0. The highest BCUT2D eigenvalue weighted by Gasteiger charge is 2.15. The number of sulfone groups is 1. The lowest BCUT2D eigenvalue weighted by atomic mass is 10.5. The first-order valence-corrected chi connectivity index (χ1v) is 7.08. The van der Waals surface area contributed by atoms with Gasteiger partial charge >= 0.3 is 0 Å². The summed E-state index contributed by atoms with van der Waals surface area (Å²) in [5.41, 5.74) is 0.601. The van der Waals surface area contributed by atoms with Crippen molar-refractivity contribution in [1.82, 2.24) is 4.98 Å². The quantitative estimate of drug-likeness (QED) is 0.730. The Bertz CT molecular complexity index is 408. The highest BCUT2D eigenvalue weighted by atomic mass is 32.2. The molecule has 86 valence electrons. The second-order valence-corrected chi connectivity index (χ2v) is 6.12. The Morgan fingerprint density at radius 1 is 1.47 bits per heavy atom. The molecule has 5 nitrogen and oxygen atoms in total. The molecule has 1 aromatic rings. The van der Waals surface area contributed by atoms with Gasteiger partial charge in [0, 0.05) is 25.9 Å². The third-order valence-electron chi connectivity index (χ3n) is 1.62. The molecule has 0 amide bonds. The summed E-state index contributed by atoms with van der Waals surface area (Å²) in [6, 6.07) is 0. The standard InChI is InChI=1S/C8H13NO4S2/c1-12-8(13-2)6-4-14-7(9-6)5-15(3,10)11/h4,8H,5H2,1-3H3. The van der Waals surface area contributed by atoms with Crippen LogP contribution in [0.15, 0.2) is 5.38 Å². The lowest BCUT2D eigenvalue weighted by Gasteiger charge is -2.09. The largest absolute Gasteiger partial charge is 0.350 e. The fourth-order valence-corrected chi connectivity index (χ4v) is 3.07. The Morgan fingerprint density at radius 2 is 2.07 bits per heavy atom. The van der Waals surface area contributed by atoms with E-state index >= 15 is 0 Å². The van der Waals surface area contributed by atoms with Crippen molar-refractivity contribution < 1.29 is 17.9 Å². The van der Waals surface area contributed by atoms with Crippen LogP contribution in [-0.4, -0.2) is 33.9 Å². The van der Waals surface area contributed by atoms with E-state index in [1.807, 2.05) is 0 Å². The molecular weight excluding hydrogens is 238 g/mol. The molecule has 1 heterocycles. The van der Waals surface area contributed by atoms with Gasteiger partial charge in [-0.2, -0.15) is 0 Å². The number of thiazole rings is 1. The topological polar surface area (TPSA) is 65.5 Å². The van der Waals surface area contributed by atoms with Crippen LogP contribution in [0.2, 0.25) is 0 Å². The van der Waals surface area contributed by atoms with Crippen LogP contribution in [0.25, 0.3) is 0 Å². The summed E-state index contributed by atoms with van der Waals surface area (Å²) in [5, 5.41) is 2.28. The van der Waals surface area contributed by atoms with E-state index in [0.717, 1.165) is 0 Å². The van der Waals surface area contributed by atoms with Gasteiger partial charge in [0.1, 0.15) is 16.5 Å². The Kier molecular flexibility index (Phi) is 4.21. The summed E-state index contributed by atoms with van der Waals surface area (Å²) in [6.07, 6.45) is 0.646. The number of ether oxygens (including phenoxy) is 2. The number of nitrogens with zero attached hydrogens (tertiary/aromatic N) is 1. The van der Waals surface area contributed by atoms with E-state index in [9.17, 15) is 8.42 Å². The molecule has 0 N–H and O–H groups in total. The first-order valence-electron chi connectivity index (χ1n) is 4.14. The summed E-state index contributed by atoms with van der Waals surface area (Å²) in [5.74, 6) is -0.0438. The summed E-state index contributed by atoms with van der Waals surface area (Å²) in [6.45, 7) is 0. The Hall–Kier alpha value is -0.500. The summed E-state index contributed by atoms with van der Waals surface area (Å²) in [4.78, 5) is 4.13. The first kappa shape index (κ1) is 12.6. The van der Waals surface area contributed by atoms with Crippen molar-refractivity contribution in [3.63, 3.8) is 0 Å². The molecular formula is C8H13NO4S2. The van der Waals surface area contributed by atoms with Crippen LogP contribution < -0.4 is 0 Å². The van der Waals surface area contributed by atoms with Gasteiger partial charge in [0.15, 0.2) is 9.84 Å². The monoisotopic (exact) mass is 251 g/mol. The molecule has 0 aliphatic rings. The number of methoxy groups -OCH3 is 2. The van der Waals surface area contributed by atoms with Gasteiger partial charge in [-0.25, -0.2) is 13.4 Å². The summed E-state index contributed by atoms with van der Waals surface area (Å²) >= 11 is 1.29. The maximum atomic E-state index is 11.0. The molecule has 0 atom stereocenters. The molecule has 0 aliphatic heterocycles. The minimum atomic E-state index is -3.04. The molecule has 0 aromatic carbocycles. The van der Waals surface area contributed by atoms with E-state index in [-0.39, 0.29) is 5.75 Å². The van der Waals surface area contributed by atoms with Crippen LogP contribution in [0.3, 0.4) is 0 Å². The highest BCUT2D eigenvalue weighted by Crippen LogP contribution is 2.20. The van der Waals surface area contributed by atoms with Crippen molar-refractivity contribution in [2.45, 2.75) is 12.0 Å². The molecule has 0 bridgehead atoms. The van der Waals surface area contributed by atoms with Crippen molar-refractivity contribution in [1.29, 1.82) is 0 Å². The van der Waals surface area contributed by atoms with Gasteiger partial charge in [-0.15, -0.1) is 11.3 Å². The average molecular weight is 251 g/mol. The van der Waals surface area contributed by atoms with Gasteiger partial charge in [0.2, 0.25) is 6.29 Å². The second-order valence-electron chi connectivity index (χ2n) is 3.04. The van der Waals surface area contributed by atoms with Crippen LogP contribution in [0, 0.1) is 0 Å². The minimum absolute atomic E-state index is 0.0438. The Morgan fingerprint density at radius 3 is 2.53 bits per heavy atom. The van der Waals surface area contributed by atoms with Gasteiger partial charge in [0.05, 0.1) is 0 Å². The fourth-order valence-electron chi connectivity index (χ4n) is 1.06. The Balaban J connectivity index is 2.80. The van der Waals surface area contributed by atoms with Crippen LogP contribution in [-0.2, 0) is 25.1 Å². The number of hydrogen-bond acceptors (Lipinski definition) is 6. The SMILES string of the molecule is COC(OC)c1csc(CS(C)(=O)=O)n1. The van der Waals surface area contributed by atoms with Gasteiger partial charge < -0.3 is 9.47 Å². The zero-order valence-corrected chi connectivity index (χ0v) is 10.4. The second kappa shape index (κ2) is 5.02. The summed E-state index contributed by atoms with van der Waals surface area (Å²) < 4.78 is 32.0. The minimum Gasteiger partial charge on any atom is -0.350 e. The normalized spacial score (nSPS) is 12.3. The highest BCUT2D eigenvalue weighted by molar-refractivity contribution is 7.90. The average Bonchev–Trinajstić information content (AvgIpc) is 2.52. The van der Waals surface area contributed by atoms with Gasteiger partial charge in [0.25, 0.3) is 0 Å². The van der Waals surface area contributed by atoms with E-state index < -0.39 is 16.1 Å². The molecule has 0 saturated heterocycles. The molecule has 0 saturated carbocycles. The fraction of sp³-hybridized carbons (Fsp3) is 0.625. The van der Waals surface area contributed by atoms with Gasteiger partial charge in [-0.05, 0) is 0 Å². The maximum absolute atomic E-state index is 11.0. The maximum Gasteiger partial charge on any atom is 0.201 e. The van der Waals surface area contributed by atoms with Crippen molar-refractivity contribution in [3.8, 4) is 0 Å². The van der Waals surface area contributed by atoms with Crippen LogP contribution >= 0.6 is 11.3 Å². The molecule has 1 rings (SSSR count). The predicted octanol–water partition coefficient (Wildman–Crippen LogP) is 0.979. The molecule has 0 unspecified atom stereocenters. The molecule has 0 radical (unpaired) electrons. The zero-order valence-electron chi connectivity index (χ0n) is 8.76. The van der Waals surface area contributed by atoms with Gasteiger partial charge in [-0.1, -0.05) is 0 Å². The smallest absolute Gasteiger partial charge is 0.201 e. The predicted molar refractivity (Wildman–Crippen MR) is 57.4 cm³/mol. The van der Waals surface area contributed by atoms with Crippen LogP contribution in [0.4, 0.5) is 0 Å². The molecule has 15 heavy (non-hydrogen) atoms. The molecule has 7 heteroatoms. The van der Waals surface area contributed by atoms with E-state index in [2.05, 4.69) is 4.98 Å².